The van der Waals surface area contributed by atoms with Crippen LogP contribution in [0.1, 0.15) is 18.9 Å². The summed E-state index contributed by atoms with van der Waals surface area (Å²) in [4.78, 5) is 10.3. The van der Waals surface area contributed by atoms with Crippen LogP contribution in [0.4, 0.5) is 5.69 Å². The van der Waals surface area contributed by atoms with Gasteiger partial charge >= 0.3 is 0 Å². The van der Waals surface area contributed by atoms with Crippen LogP contribution in [0.2, 0.25) is 0 Å². The molecule has 1 aliphatic rings. The van der Waals surface area contributed by atoms with Crippen molar-refractivity contribution in [3.63, 3.8) is 0 Å². The monoisotopic (exact) mass is 367 g/mol. The molecule has 0 radical (unpaired) electrons. The van der Waals surface area contributed by atoms with Crippen LogP contribution in [0.25, 0.3) is 0 Å². The van der Waals surface area contributed by atoms with E-state index in [1.54, 1.807) is 7.11 Å². The first-order valence-corrected chi connectivity index (χ1v) is 9.65. The molecule has 0 unspecified atom stereocenters. The van der Waals surface area contributed by atoms with E-state index in [-0.39, 0.29) is 0 Å². The van der Waals surface area contributed by atoms with Gasteiger partial charge in [-0.15, -0.1) is 0 Å². The number of oxime groups is 1. The summed E-state index contributed by atoms with van der Waals surface area (Å²) in [5, 5.41) is 4.34. The lowest BCUT2D eigenvalue weighted by Crippen LogP contribution is -2.46. The van der Waals surface area contributed by atoms with E-state index in [1.165, 1.54) is 5.69 Å². The van der Waals surface area contributed by atoms with Gasteiger partial charge in [0, 0.05) is 44.8 Å². The molecule has 0 atom stereocenters. The van der Waals surface area contributed by atoms with E-state index >= 15 is 0 Å². The molecule has 1 aliphatic heterocycles. The lowest BCUT2D eigenvalue weighted by molar-refractivity contribution is 0.157. The number of piperazine rings is 1. The fraction of sp³-hybridized carbons (Fsp3) is 0.409. The van der Waals surface area contributed by atoms with Crippen molar-refractivity contribution in [1.82, 2.24) is 4.90 Å². The summed E-state index contributed by atoms with van der Waals surface area (Å²) in [7, 11) is 1.70. The number of nitrogens with zero attached hydrogens (tertiary/aromatic N) is 3. The van der Waals surface area contributed by atoms with Crippen LogP contribution in [-0.4, -0.2) is 57.1 Å². The number of anilines is 1. The molecule has 1 saturated heterocycles. The topological polar surface area (TPSA) is 37.3 Å². The highest BCUT2D eigenvalue weighted by molar-refractivity contribution is 6.00. The van der Waals surface area contributed by atoms with Crippen LogP contribution in [0, 0.1) is 0 Å². The molecule has 3 rings (SSSR count). The quantitative estimate of drug-likeness (QED) is 0.527. The van der Waals surface area contributed by atoms with Crippen LogP contribution in [-0.2, 0) is 4.84 Å². The maximum absolute atomic E-state index is 5.33. The summed E-state index contributed by atoms with van der Waals surface area (Å²) >= 11 is 0. The van der Waals surface area contributed by atoms with Crippen molar-refractivity contribution in [1.29, 1.82) is 0 Å². The SMILES string of the molecule is CCO/N=C(\CCN1CCN(c2ccc(OC)cc2)CC1)c1ccccc1. The molecule has 0 aliphatic carbocycles. The summed E-state index contributed by atoms with van der Waals surface area (Å²) in [6.45, 7) is 7.75. The molecule has 0 spiro atoms. The van der Waals surface area contributed by atoms with E-state index < -0.39 is 0 Å². The Bertz CT molecular complexity index is 708. The molecule has 5 heteroatoms. The number of benzene rings is 2. The van der Waals surface area contributed by atoms with Gasteiger partial charge in [-0.25, -0.2) is 0 Å². The third kappa shape index (κ3) is 5.47. The smallest absolute Gasteiger partial charge is 0.119 e. The first-order chi connectivity index (χ1) is 13.3. The van der Waals surface area contributed by atoms with Gasteiger partial charge in [0.15, 0.2) is 0 Å². The largest absolute Gasteiger partial charge is 0.497 e. The minimum atomic E-state index is 0.594. The summed E-state index contributed by atoms with van der Waals surface area (Å²) in [6, 6.07) is 18.6. The van der Waals surface area contributed by atoms with Crippen LogP contribution in [0.3, 0.4) is 0 Å². The molecule has 2 aromatic carbocycles. The van der Waals surface area contributed by atoms with E-state index in [1.807, 2.05) is 37.3 Å². The molecule has 1 fully saturated rings. The minimum Gasteiger partial charge on any atom is -0.497 e. The van der Waals surface area contributed by atoms with Gasteiger partial charge in [0.2, 0.25) is 0 Å². The number of methoxy groups -OCH3 is 1. The summed E-state index contributed by atoms with van der Waals surface area (Å²) in [6.07, 6.45) is 0.895. The predicted molar refractivity (Wildman–Crippen MR) is 111 cm³/mol. The average molecular weight is 367 g/mol. The fourth-order valence-electron chi connectivity index (χ4n) is 3.30. The van der Waals surface area contributed by atoms with Gasteiger partial charge in [-0.2, -0.15) is 0 Å². The number of hydrogen-bond acceptors (Lipinski definition) is 5. The Balaban J connectivity index is 1.51. The summed E-state index contributed by atoms with van der Waals surface area (Å²) < 4.78 is 5.24. The van der Waals surface area contributed by atoms with Gasteiger partial charge in [-0.05, 0) is 36.8 Å². The predicted octanol–water partition coefficient (Wildman–Crippen LogP) is 3.65. The van der Waals surface area contributed by atoms with Gasteiger partial charge in [-0.1, -0.05) is 35.5 Å². The van der Waals surface area contributed by atoms with Crippen molar-refractivity contribution in [3.05, 3.63) is 60.2 Å². The molecule has 0 saturated carbocycles. The molecule has 0 N–H and O–H groups in total. The number of rotatable bonds is 8. The molecule has 0 bridgehead atoms. The van der Waals surface area contributed by atoms with Crippen LogP contribution < -0.4 is 9.64 Å². The van der Waals surface area contributed by atoms with Crippen LogP contribution in [0.15, 0.2) is 59.8 Å². The Kier molecular flexibility index (Phi) is 7.11. The summed E-state index contributed by atoms with van der Waals surface area (Å²) in [5.74, 6) is 0.902. The summed E-state index contributed by atoms with van der Waals surface area (Å²) in [5.41, 5.74) is 3.43. The second-order valence-electron chi connectivity index (χ2n) is 6.60. The van der Waals surface area contributed by atoms with Crippen molar-refractivity contribution in [2.75, 3.05) is 51.3 Å². The zero-order valence-electron chi connectivity index (χ0n) is 16.3. The zero-order chi connectivity index (χ0) is 18.9. The van der Waals surface area contributed by atoms with Crippen molar-refractivity contribution >= 4 is 11.4 Å². The highest BCUT2D eigenvalue weighted by Crippen LogP contribution is 2.20. The van der Waals surface area contributed by atoms with E-state index in [2.05, 4.69) is 39.2 Å². The Labute approximate surface area is 162 Å². The molecule has 2 aromatic rings. The highest BCUT2D eigenvalue weighted by Gasteiger charge is 2.18. The van der Waals surface area contributed by atoms with Gasteiger partial charge in [0.05, 0.1) is 12.8 Å². The minimum absolute atomic E-state index is 0.594. The van der Waals surface area contributed by atoms with Crippen molar-refractivity contribution in [2.45, 2.75) is 13.3 Å². The Morgan fingerprint density at radius 3 is 2.30 bits per heavy atom. The van der Waals surface area contributed by atoms with Crippen LogP contribution >= 0.6 is 0 Å². The first kappa shape index (κ1) is 19.2. The lowest BCUT2D eigenvalue weighted by Gasteiger charge is -2.36. The third-order valence-corrected chi connectivity index (χ3v) is 4.89. The van der Waals surface area contributed by atoms with Crippen molar-refractivity contribution in [2.24, 2.45) is 5.16 Å². The third-order valence-electron chi connectivity index (χ3n) is 4.89. The van der Waals surface area contributed by atoms with Gasteiger partial charge in [-0.3, -0.25) is 4.90 Å². The second kappa shape index (κ2) is 9.97. The lowest BCUT2D eigenvalue weighted by atomic mass is 10.1. The van der Waals surface area contributed by atoms with E-state index in [9.17, 15) is 0 Å². The van der Waals surface area contributed by atoms with Crippen molar-refractivity contribution < 1.29 is 9.57 Å². The van der Waals surface area contributed by atoms with E-state index in [4.69, 9.17) is 9.57 Å². The van der Waals surface area contributed by atoms with E-state index in [0.29, 0.717) is 6.61 Å². The molecule has 5 nitrogen and oxygen atoms in total. The number of ether oxygens (including phenoxy) is 1. The molecular formula is C22H29N3O2. The van der Waals surface area contributed by atoms with E-state index in [0.717, 1.165) is 56.2 Å². The first-order valence-electron chi connectivity index (χ1n) is 9.65. The van der Waals surface area contributed by atoms with Gasteiger partial charge in [0.25, 0.3) is 0 Å². The fourth-order valence-corrected chi connectivity index (χ4v) is 3.30. The second-order valence-corrected chi connectivity index (χ2v) is 6.60. The van der Waals surface area contributed by atoms with Gasteiger partial charge < -0.3 is 14.5 Å². The normalized spacial score (nSPS) is 15.6. The zero-order valence-corrected chi connectivity index (χ0v) is 16.3. The Morgan fingerprint density at radius 2 is 1.67 bits per heavy atom. The average Bonchev–Trinajstić information content (AvgIpc) is 2.75. The Hall–Kier alpha value is -2.53. The highest BCUT2D eigenvalue weighted by atomic mass is 16.6. The van der Waals surface area contributed by atoms with Crippen LogP contribution in [0.5, 0.6) is 5.75 Å². The molecule has 1 heterocycles. The molecule has 144 valence electrons. The maximum atomic E-state index is 5.33. The molecule has 0 amide bonds. The molecule has 27 heavy (non-hydrogen) atoms. The Morgan fingerprint density at radius 1 is 0.963 bits per heavy atom. The van der Waals surface area contributed by atoms with Crippen molar-refractivity contribution in [3.8, 4) is 5.75 Å². The molecular weight excluding hydrogens is 338 g/mol. The standard InChI is InChI=1S/C22H29N3O2/c1-3-27-23-22(19-7-5-4-6-8-19)13-14-24-15-17-25(18-16-24)20-9-11-21(26-2)12-10-20/h4-12H,3,13-18H2,1-2H3/b23-22+. The van der Waals surface area contributed by atoms with Gasteiger partial charge in [0.1, 0.15) is 12.4 Å². The maximum Gasteiger partial charge on any atom is 0.119 e. The molecule has 0 aromatic heterocycles. The number of hydrogen-bond donors (Lipinski definition) is 0.